The average molecular weight is 495 g/mol. The first-order valence-electron chi connectivity index (χ1n) is 12.4. The number of hydrogen-bond donors (Lipinski definition) is 1. The third-order valence-electron chi connectivity index (χ3n) is 7.63. The molecule has 7 nitrogen and oxygen atoms in total. The largest absolute Gasteiger partial charge is 0.342 e. The van der Waals surface area contributed by atoms with E-state index in [1.165, 1.54) is 0 Å². The Morgan fingerprint density at radius 1 is 1.00 bits per heavy atom. The van der Waals surface area contributed by atoms with Crippen molar-refractivity contribution in [3.05, 3.63) is 59.6 Å². The molecule has 8 heteroatoms. The summed E-state index contributed by atoms with van der Waals surface area (Å²) in [6, 6.07) is 16.8. The molecule has 2 aliphatic heterocycles. The Bertz CT molecular complexity index is 1090. The third-order valence-corrected chi connectivity index (χ3v) is 7.87. The number of hydrogen-bond acceptors (Lipinski definition) is 4. The Labute approximate surface area is 211 Å². The highest BCUT2D eigenvalue weighted by Crippen LogP contribution is 2.40. The van der Waals surface area contributed by atoms with E-state index in [0.717, 1.165) is 31.4 Å². The second-order valence-electron chi connectivity index (χ2n) is 9.80. The first-order chi connectivity index (χ1) is 17.0. The van der Waals surface area contributed by atoms with Crippen LogP contribution in [0.3, 0.4) is 0 Å². The number of nitrogens with zero attached hydrogens (tertiary/aromatic N) is 3. The zero-order valence-electron chi connectivity index (χ0n) is 19.8. The maximum absolute atomic E-state index is 13.8. The Morgan fingerprint density at radius 3 is 2.40 bits per heavy atom. The minimum absolute atomic E-state index is 0.0405. The van der Waals surface area contributed by atoms with Gasteiger partial charge in [-0.1, -0.05) is 48.7 Å². The third kappa shape index (κ3) is 4.74. The van der Waals surface area contributed by atoms with E-state index in [0.29, 0.717) is 43.3 Å². The summed E-state index contributed by atoms with van der Waals surface area (Å²) in [5.74, 6) is 0.0714. The normalized spacial score (nSPS) is 20.0. The van der Waals surface area contributed by atoms with Crippen LogP contribution in [-0.2, 0) is 14.4 Å². The molecule has 0 bridgehead atoms. The molecule has 3 aliphatic rings. The monoisotopic (exact) mass is 494 g/mol. The first-order valence-corrected chi connectivity index (χ1v) is 12.8. The predicted molar refractivity (Wildman–Crippen MR) is 136 cm³/mol. The summed E-state index contributed by atoms with van der Waals surface area (Å²) in [6.07, 6.45) is 5.33. The summed E-state index contributed by atoms with van der Waals surface area (Å²) in [4.78, 5) is 45.3. The van der Waals surface area contributed by atoms with E-state index in [9.17, 15) is 14.4 Å². The lowest BCUT2D eigenvalue weighted by Crippen LogP contribution is -2.58. The lowest BCUT2D eigenvalue weighted by Gasteiger charge is -2.43. The fourth-order valence-electron chi connectivity index (χ4n) is 5.79. The number of anilines is 2. The van der Waals surface area contributed by atoms with Crippen molar-refractivity contribution >= 4 is 40.7 Å². The van der Waals surface area contributed by atoms with Gasteiger partial charge >= 0.3 is 0 Å². The van der Waals surface area contributed by atoms with Gasteiger partial charge < -0.3 is 20.0 Å². The van der Waals surface area contributed by atoms with Crippen LogP contribution in [0.15, 0.2) is 54.6 Å². The Balaban J connectivity index is 1.32. The van der Waals surface area contributed by atoms with Crippen molar-refractivity contribution in [2.45, 2.75) is 44.1 Å². The molecule has 1 aliphatic carbocycles. The van der Waals surface area contributed by atoms with Crippen LogP contribution in [0.2, 0.25) is 5.02 Å². The van der Waals surface area contributed by atoms with E-state index in [2.05, 4.69) is 10.2 Å². The van der Waals surface area contributed by atoms with E-state index >= 15 is 0 Å². The number of rotatable bonds is 5. The van der Waals surface area contributed by atoms with E-state index in [1.54, 1.807) is 29.2 Å². The lowest BCUT2D eigenvalue weighted by atomic mass is 9.85. The van der Waals surface area contributed by atoms with Gasteiger partial charge in [-0.2, -0.15) is 0 Å². The van der Waals surface area contributed by atoms with Gasteiger partial charge in [-0.05, 0) is 56.0 Å². The first kappa shape index (κ1) is 23.7. The molecule has 2 aromatic rings. The topological polar surface area (TPSA) is 73.0 Å². The van der Waals surface area contributed by atoms with Crippen molar-refractivity contribution < 1.29 is 14.4 Å². The Hall–Kier alpha value is -3.06. The van der Waals surface area contributed by atoms with Gasteiger partial charge in [0, 0.05) is 35.4 Å². The maximum Gasteiger partial charge on any atom is 0.250 e. The van der Waals surface area contributed by atoms with E-state index in [4.69, 9.17) is 11.6 Å². The van der Waals surface area contributed by atoms with Crippen LogP contribution in [0.5, 0.6) is 0 Å². The van der Waals surface area contributed by atoms with Crippen molar-refractivity contribution in [3.63, 3.8) is 0 Å². The highest BCUT2D eigenvalue weighted by molar-refractivity contribution is 6.30. The molecule has 1 N–H and O–H groups in total. The molecule has 1 spiro atoms. The minimum Gasteiger partial charge on any atom is -0.342 e. The van der Waals surface area contributed by atoms with Crippen molar-refractivity contribution in [1.82, 2.24) is 9.80 Å². The molecule has 3 fully saturated rings. The van der Waals surface area contributed by atoms with Crippen LogP contribution in [0.4, 0.5) is 11.4 Å². The Kier molecular flexibility index (Phi) is 6.69. The lowest BCUT2D eigenvalue weighted by molar-refractivity contribution is -0.141. The number of nitrogens with one attached hydrogen (secondary N) is 1. The van der Waals surface area contributed by atoms with Gasteiger partial charge in [0.15, 0.2) is 0 Å². The molecular formula is C27H31ClN4O3. The van der Waals surface area contributed by atoms with E-state index in [-0.39, 0.29) is 30.2 Å². The highest BCUT2D eigenvalue weighted by atomic mass is 35.5. The van der Waals surface area contributed by atoms with Gasteiger partial charge in [0.1, 0.15) is 12.1 Å². The molecule has 1 saturated carbocycles. The van der Waals surface area contributed by atoms with Crippen molar-refractivity contribution in [2.75, 3.05) is 36.5 Å². The van der Waals surface area contributed by atoms with Crippen LogP contribution in [-0.4, -0.2) is 59.4 Å². The average Bonchev–Trinajstić information content (AvgIpc) is 3.49. The number of benzene rings is 2. The second kappa shape index (κ2) is 9.90. The van der Waals surface area contributed by atoms with Gasteiger partial charge in [-0.25, -0.2) is 0 Å². The summed E-state index contributed by atoms with van der Waals surface area (Å²) in [5, 5.41) is 3.38. The van der Waals surface area contributed by atoms with Gasteiger partial charge in [0.25, 0.3) is 5.91 Å². The molecule has 3 amide bonds. The number of piperidine rings is 1. The number of carbonyl (C=O) groups is 3. The van der Waals surface area contributed by atoms with Gasteiger partial charge in [-0.3, -0.25) is 14.4 Å². The number of amides is 3. The number of carbonyl (C=O) groups excluding carboxylic acids is 3. The molecule has 0 atom stereocenters. The number of likely N-dealkylation sites (tertiary alicyclic amines) is 1. The van der Waals surface area contributed by atoms with E-state index < -0.39 is 5.54 Å². The summed E-state index contributed by atoms with van der Waals surface area (Å²) in [5.41, 5.74) is 0.807. The van der Waals surface area contributed by atoms with Crippen LogP contribution in [0.25, 0.3) is 0 Å². The molecule has 2 aromatic carbocycles. The molecule has 0 unspecified atom stereocenters. The summed E-state index contributed by atoms with van der Waals surface area (Å²) >= 11 is 6.03. The zero-order valence-corrected chi connectivity index (χ0v) is 20.5. The quantitative estimate of drug-likeness (QED) is 0.678. The molecule has 0 aromatic heterocycles. The Morgan fingerprint density at radius 2 is 1.71 bits per heavy atom. The number of para-hydroxylation sites is 1. The van der Waals surface area contributed by atoms with Crippen LogP contribution in [0, 0.1) is 5.92 Å². The smallest absolute Gasteiger partial charge is 0.250 e. The van der Waals surface area contributed by atoms with Gasteiger partial charge in [0.2, 0.25) is 11.8 Å². The summed E-state index contributed by atoms with van der Waals surface area (Å²) < 4.78 is 0. The minimum atomic E-state index is -0.746. The summed E-state index contributed by atoms with van der Waals surface area (Å²) in [6.45, 7) is 1.42. The standard InChI is InChI=1S/C27H31ClN4O3/c28-21-9-6-10-22(17-21)29-24(33)18-31-19-32(23-11-2-1-3-12-23)27(26(31)35)13-15-30(16-14-27)25(34)20-7-4-5-8-20/h1-3,6,9-12,17,20H,4-5,7-8,13-16,18-19H2,(H,29,33). The molecule has 2 heterocycles. The summed E-state index contributed by atoms with van der Waals surface area (Å²) in [7, 11) is 0. The van der Waals surface area contributed by atoms with Gasteiger partial charge in [0.05, 0.1) is 6.67 Å². The van der Waals surface area contributed by atoms with Crippen LogP contribution >= 0.6 is 11.6 Å². The van der Waals surface area contributed by atoms with Crippen molar-refractivity contribution in [1.29, 1.82) is 0 Å². The SMILES string of the molecule is O=C(CN1CN(c2ccccc2)C2(CCN(C(=O)C3CCCC3)CC2)C1=O)Nc1cccc(Cl)c1. The second-order valence-corrected chi connectivity index (χ2v) is 10.2. The van der Waals surface area contributed by atoms with Crippen LogP contribution < -0.4 is 10.2 Å². The number of halogens is 1. The highest BCUT2D eigenvalue weighted by Gasteiger charge is 2.54. The van der Waals surface area contributed by atoms with E-state index in [1.807, 2.05) is 35.2 Å². The fraction of sp³-hybridized carbons (Fsp3) is 0.444. The molecule has 0 radical (unpaired) electrons. The molecule has 35 heavy (non-hydrogen) atoms. The molecule has 2 saturated heterocycles. The predicted octanol–water partition coefficient (Wildman–Crippen LogP) is 4.14. The van der Waals surface area contributed by atoms with Crippen LogP contribution in [0.1, 0.15) is 38.5 Å². The van der Waals surface area contributed by atoms with Gasteiger partial charge in [-0.15, -0.1) is 0 Å². The van der Waals surface area contributed by atoms with Crippen molar-refractivity contribution in [3.8, 4) is 0 Å². The molecule has 5 rings (SSSR count). The fourth-order valence-corrected chi connectivity index (χ4v) is 5.98. The maximum atomic E-state index is 13.8. The van der Waals surface area contributed by atoms with Crippen molar-refractivity contribution in [2.24, 2.45) is 5.92 Å². The molecule has 184 valence electrons. The molecular weight excluding hydrogens is 464 g/mol. The zero-order chi connectivity index (χ0) is 24.4.